The molecule has 9 heavy (non-hydrogen) atoms. The molecular formula is C8H15O. The first-order chi connectivity index (χ1) is 4.43. The molecular weight excluding hydrogens is 112 g/mol. The lowest BCUT2D eigenvalue weighted by atomic mass is 10.3. The van der Waals surface area contributed by atoms with Crippen LogP contribution in [-0.4, -0.2) is 6.10 Å². The molecule has 1 fully saturated rings. The van der Waals surface area contributed by atoms with Gasteiger partial charge in [-0.15, -0.1) is 0 Å². The van der Waals surface area contributed by atoms with Crippen LogP contribution in [0.2, 0.25) is 0 Å². The zero-order chi connectivity index (χ0) is 6.53. The third-order valence-corrected chi connectivity index (χ3v) is 1.49. The molecule has 1 heteroatoms. The minimum atomic E-state index is 0.599. The van der Waals surface area contributed by atoms with Crippen molar-refractivity contribution in [1.29, 1.82) is 0 Å². The monoisotopic (exact) mass is 127 g/mol. The van der Waals surface area contributed by atoms with E-state index in [0.29, 0.717) is 6.10 Å². The Morgan fingerprint density at radius 3 is 2.89 bits per heavy atom. The number of unbranched alkanes of at least 4 members (excludes halogenated alkanes) is 2. The first-order valence-corrected chi connectivity index (χ1v) is 3.90. The molecule has 1 aliphatic carbocycles. The summed E-state index contributed by atoms with van der Waals surface area (Å²) in [5, 5.41) is 0. The van der Waals surface area contributed by atoms with E-state index in [9.17, 15) is 0 Å². The van der Waals surface area contributed by atoms with Gasteiger partial charge in [0.15, 0.2) is 0 Å². The Bertz CT molecular complexity index is 67.0. The summed E-state index contributed by atoms with van der Waals surface area (Å²) in [6.07, 6.45) is 6.83. The highest BCUT2D eigenvalue weighted by molar-refractivity contribution is 4.74. The van der Waals surface area contributed by atoms with Crippen molar-refractivity contribution < 1.29 is 4.74 Å². The lowest BCUT2D eigenvalue weighted by Crippen LogP contribution is -1.88. The van der Waals surface area contributed by atoms with E-state index in [-0.39, 0.29) is 0 Å². The van der Waals surface area contributed by atoms with Crippen LogP contribution in [0.4, 0.5) is 0 Å². The van der Waals surface area contributed by atoms with Crippen LogP contribution in [0.5, 0.6) is 0 Å². The summed E-state index contributed by atoms with van der Waals surface area (Å²) in [7, 11) is 0. The molecule has 0 atom stereocenters. The number of hydrogen-bond acceptors (Lipinski definition) is 1. The van der Waals surface area contributed by atoms with Gasteiger partial charge in [-0.2, -0.15) is 0 Å². The summed E-state index contributed by atoms with van der Waals surface area (Å²) in [5.41, 5.74) is 0. The molecule has 0 aromatic rings. The van der Waals surface area contributed by atoms with Gasteiger partial charge in [-0.05, 0) is 19.3 Å². The minimum Gasteiger partial charge on any atom is -0.372 e. The summed E-state index contributed by atoms with van der Waals surface area (Å²) < 4.78 is 5.33. The molecule has 53 valence electrons. The van der Waals surface area contributed by atoms with Gasteiger partial charge >= 0.3 is 0 Å². The summed E-state index contributed by atoms with van der Waals surface area (Å²) in [6, 6.07) is 0. The summed E-state index contributed by atoms with van der Waals surface area (Å²) >= 11 is 0. The molecule has 0 heterocycles. The topological polar surface area (TPSA) is 9.23 Å². The quantitative estimate of drug-likeness (QED) is 0.515. The van der Waals surface area contributed by atoms with Gasteiger partial charge in [-0.3, -0.25) is 0 Å². The molecule has 0 aromatic carbocycles. The smallest absolute Gasteiger partial charge is 0.0840 e. The van der Waals surface area contributed by atoms with E-state index in [0.717, 1.165) is 6.42 Å². The second-order valence-electron chi connectivity index (χ2n) is 2.64. The van der Waals surface area contributed by atoms with E-state index >= 15 is 0 Å². The van der Waals surface area contributed by atoms with Crippen LogP contribution in [0.25, 0.3) is 0 Å². The zero-order valence-corrected chi connectivity index (χ0v) is 6.10. The van der Waals surface area contributed by atoms with Crippen molar-refractivity contribution >= 4 is 0 Å². The number of ether oxygens (including phenoxy) is 1. The lowest BCUT2D eigenvalue weighted by Gasteiger charge is -1.97. The fraction of sp³-hybridized carbons (Fsp3) is 0.875. The first kappa shape index (κ1) is 7.07. The second-order valence-corrected chi connectivity index (χ2v) is 2.64. The minimum absolute atomic E-state index is 0.599. The van der Waals surface area contributed by atoms with Crippen molar-refractivity contribution in [2.45, 2.75) is 45.1 Å². The maximum Gasteiger partial charge on any atom is 0.0840 e. The lowest BCUT2D eigenvalue weighted by molar-refractivity contribution is 0.175. The van der Waals surface area contributed by atoms with E-state index in [1.165, 1.54) is 25.7 Å². The molecule has 0 saturated heterocycles. The number of rotatable bonds is 5. The normalized spacial score (nSPS) is 18.3. The Morgan fingerprint density at radius 1 is 1.56 bits per heavy atom. The van der Waals surface area contributed by atoms with E-state index < -0.39 is 0 Å². The van der Waals surface area contributed by atoms with Crippen molar-refractivity contribution in [3.05, 3.63) is 6.61 Å². The highest BCUT2D eigenvalue weighted by atomic mass is 16.5. The third-order valence-electron chi connectivity index (χ3n) is 1.49. The maximum absolute atomic E-state index is 5.33. The summed E-state index contributed by atoms with van der Waals surface area (Å²) in [6.45, 7) is 4.17. The molecule has 0 amide bonds. The highest BCUT2D eigenvalue weighted by Gasteiger charge is 2.21. The highest BCUT2D eigenvalue weighted by Crippen LogP contribution is 2.24. The van der Waals surface area contributed by atoms with Gasteiger partial charge < -0.3 is 4.74 Å². The Kier molecular flexibility index (Phi) is 3.05. The standard InChI is InChI=1S/C8H15O/c1-2-3-4-7-9-8-5-6-8/h7-8H,2-6H2,1H3. The van der Waals surface area contributed by atoms with E-state index in [2.05, 4.69) is 6.92 Å². The van der Waals surface area contributed by atoms with E-state index in [1.807, 2.05) is 6.61 Å². The fourth-order valence-corrected chi connectivity index (χ4v) is 0.696. The van der Waals surface area contributed by atoms with E-state index in [1.54, 1.807) is 0 Å². The average Bonchev–Trinajstić information content (AvgIpc) is 2.63. The molecule has 1 saturated carbocycles. The molecule has 0 N–H and O–H groups in total. The molecule has 1 nitrogen and oxygen atoms in total. The van der Waals surface area contributed by atoms with Crippen LogP contribution in [0, 0.1) is 6.61 Å². The SMILES string of the molecule is CCCC[CH]OC1CC1. The summed E-state index contributed by atoms with van der Waals surface area (Å²) in [5.74, 6) is 0. The Hall–Kier alpha value is -0.0400. The molecule has 0 aliphatic heterocycles. The molecule has 0 aromatic heterocycles. The van der Waals surface area contributed by atoms with Gasteiger partial charge in [0, 0.05) is 0 Å². The van der Waals surface area contributed by atoms with Crippen LogP contribution in [0.15, 0.2) is 0 Å². The molecule has 0 spiro atoms. The molecule has 0 bridgehead atoms. The molecule has 1 radical (unpaired) electrons. The molecule has 0 unspecified atom stereocenters. The molecule has 1 rings (SSSR count). The molecule has 1 aliphatic rings. The third kappa shape index (κ3) is 3.52. The van der Waals surface area contributed by atoms with Crippen molar-refractivity contribution in [2.75, 3.05) is 0 Å². The predicted octanol–water partition coefficient (Wildman–Crippen LogP) is 2.52. The summed E-state index contributed by atoms with van der Waals surface area (Å²) in [4.78, 5) is 0. The van der Waals surface area contributed by atoms with Gasteiger partial charge in [0.05, 0.1) is 12.7 Å². The van der Waals surface area contributed by atoms with Gasteiger partial charge in [-0.1, -0.05) is 19.8 Å². The van der Waals surface area contributed by atoms with Gasteiger partial charge in [0.25, 0.3) is 0 Å². The van der Waals surface area contributed by atoms with Crippen LogP contribution < -0.4 is 0 Å². The van der Waals surface area contributed by atoms with Crippen LogP contribution in [0.1, 0.15) is 39.0 Å². The van der Waals surface area contributed by atoms with Crippen molar-refractivity contribution in [1.82, 2.24) is 0 Å². The number of hydrogen-bond donors (Lipinski definition) is 0. The average molecular weight is 127 g/mol. The second kappa shape index (κ2) is 3.89. The van der Waals surface area contributed by atoms with Crippen molar-refractivity contribution in [2.24, 2.45) is 0 Å². The zero-order valence-electron chi connectivity index (χ0n) is 6.10. The van der Waals surface area contributed by atoms with E-state index in [4.69, 9.17) is 4.74 Å². The predicted molar refractivity (Wildman–Crippen MR) is 37.9 cm³/mol. The maximum atomic E-state index is 5.33. The largest absolute Gasteiger partial charge is 0.372 e. The van der Waals surface area contributed by atoms with Gasteiger partial charge in [0.1, 0.15) is 0 Å². The van der Waals surface area contributed by atoms with Gasteiger partial charge in [-0.25, -0.2) is 0 Å². The van der Waals surface area contributed by atoms with Crippen molar-refractivity contribution in [3.8, 4) is 0 Å². The first-order valence-electron chi connectivity index (χ1n) is 3.90. The van der Waals surface area contributed by atoms with Crippen LogP contribution >= 0.6 is 0 Å². The van der Waals surface area contributed by atoms with Crippen LogP contribution in [-0.2, 0) is 4.74 Å². The van der Waals surface area contributed by atoms with Crippen molar-refractivity contribution in [3.63, 3.8) is 0 Å². The fourth-order valence-electron chi connectivity index (χ4n) is 0.696. The Labute approximate surface area is 57.4 Å². The Balaban J connectivity index is 1.71. The van der Waals surface area contributed by atoms with Crippen LogP contribution in [0.3, 0.4) is 0 Å². The Morgan fingerprint density at radius 2 is 2.33 bits per heavy atom. The van der Waals surface area contributed by atoms with Gasteiger partial charge in [0.2, 0.25) is 0 Å².